The fourth-order valence-electron chi connectivity index (χ4n) is 2.17. The molecule has 0 bridgehead atoms. The zero-order chi connectivity index (χ0) is 20.6. The summed E-state index contributed by atoms with van der Waals surface area (Å²) in [6.45, 7) is -0.0769. The zero-order valence-electron chi connectivity index (χ0n) is 13.9. The lowest BCUT2D eigenvalue weighted by Gasteiger charge is -2.15. The predicted octanol–water partition coefficient (Wildman–Crippen LogP) is 2.04. The first-order chi connectivity index (χ1) is 12.2. The smallest absolute Gasteiger partial charge is 0.400 e. The number of fused-ring (bicyclic) bond motifs is 1. The van der Waals surface area contributed by atoms with Gasteiger partial charge in [0.15, 0.2) is 0 Å². The Morgan fingerprint density at radius 1 is 1.33 bits per heavy atom. The maximum Gasteiger partial charge on any atom is 0.400 e. The second-order valence-electron chi connectivity index (χ2n) is 5.78. The number of rotatable bonds is 8. The van der Waals surface area contributed by atoms with Gasteiger partial charge in [0.2, 0.25) is 5.91 Å². The molecule has 0 aliphatic carbocycles. The number of amides is 1. The van der Waals surface area contributed by atoms with Crippen LogP contribution in [0.2, 0.25) is 0 Å². The van der Waals surface area contributed by atoms with Gasteiger partial charge in [-0.1, -0.05) is 0 Å². The third kappa shape index (κ3) is 5.02. The summed E-state index contributed by atoms with van der Waals surface area (Å²) in [5.41, 5.74) is 0.747. The lowest BCUT2D eigenvalue weighted by molar-refractivity contribution is 0.0602. The third-order valence-electron chi connectivity index (χ3n) is 3.45. The molecule has 1 heterocycles. The highest BCUT2D eigenvalue weighted by atomic mass is 32.2. The summed E-state index contributed by atoms with van der Waals surface area (Å²) in [4.78, 5) is 28.3. The van der Waals surface area contributed by atoms with Gasteiger partial charge >= 0.3 is 13.3 Å². The predicted molar refractivity (Wildman–Crippen MR) is 96.1 cm³/mol. The third-order valence-corrected chi connectivity index (χ3v) is 6.84. The van der Waals surface area contributed by atoms with Crippen molar-refractivity contribution in [1.82, 2.24) is 0 Å². The zero-order valence-corrected chi connectivity index (χ0v) is 16.4. The van der Waals surface area contributed by atoms with E-state index in [0.717, 1.165) is 12.3 Å². The van der Waals surface area contributed by atoms with Gasteiger partial charge < -0.3 is 20.3 Å². The second-order valence-corrected chi connectivity index (χ2v) is 10.7. The molecule has 27 heavy (non-hydrogen) atoms. The topological polar surface area (TPSA) is 144 Å². The molecule has 4 N–H and O–H groups in total. The highest BCUT2D eigenvalue weighted by Gasteiger charge is 2.51. The molecule has 13 heteroatoms. The van der Waals surface area contributed by atoms with Crippen molar-refractivity contribution in [3.8, 4) is 5.75 Å². The number of sulfone groups is 1. The maximum absolute atomic E-state index is 14.0. The minimum absolute atomic E-state index is 0.00689. The Balaban J connectivity index is 2.45. The summed E-state index contributed by atoms with van der Waals surface area (Å²) in [6, 6.07) is 3.27. The van der Waals surface area contributed by atoms with Crippen molar-refractivity contribution in [2.24, 2.45) is 5.73 Å². The number of nitrogens with two attached hydrogens (primary N) is 1. The van der Waals surface area contributed by atoms with Gasteiger partial charge in [0.1, 0.15) is 15.6 Å². The molecule has 1 aromatic heterocycles. The van der Waals surface area contributed by atoms with Crippen LogP contribution in [0.15, 0.2) is 18.2 Å². The van der Waals surface area contributed by atoms with Crippen LogP contribution >= 0.6 is 18.9 Å². The van der Waals surface area contributed by atoms with Crippen LogP contribution in [0.25, 0.3) is 10.1 Å². The summed E-state index contributed by atoms with van der Waals surface area (Å²) < 4.78 is 66.9. The van der Waals surface area contributed by atoms with Crippen molar-refractivity contribution in [3.05, 3.63) is 28.6 Å². The van der Waals surface area contributed by atoms with E-state index in [1.54, 1.807) is 0 Å². The number of primary amides is 1. The average Bonchev–Trinajstić information content (AvgIpc) is 2.93. The molecule has 0 fully saturated rings. The van der Waals surface area contributed by atoms with Gasteiger partial charge in [-0.25, -0.2) is 8.42 Å². The van der Waals surface area contributed by atoms with E-state index < -0.39 is 33.9 Å². The second kappa shape index (κ2) is 7.44. The van der Waals surface area contributed by atoms with Gasteiger partial charge in [0.25, 0.3) is 0 Å². The minimum atomic E-state index is -5.76. The van der Waals surface area contributed by atoms with Crippen LogP contribution in [-0.4, -0.2) is 42.7 Å². The van der Waals surface area contributed by atoms with E-state index in [1.165, 1.54) is 12.1 Å². The number of thiophene rings is 1. The van der Waals surface area contributed by atoms with Gasteiger partial charge in [-0.3, -0.25) is 9.36 Å². The van der Waals surface area contributed by atoms with Gasteiger partial charge in [-0.05, 0) is 30.0 Å². The van der Waals surface area contributed by atoms with E-state index in [1.807, 2.05) is 0 Å². The first-order valence-electron chi connectivity index (χ1n) is 7.34. The Morgan fingerprint density at radius 3 is 2.48 bits per heavy atom. The molecule has 2 aromatic rings. The molecular weight excluding hydrogens is 427 g/mol. The molecule has 1 amide bonds. The lowest BCUT2D eigenvalue weighted by atomic mass is 10.1. The Labute approximate surface area is 157 Å². The fourth-order valence-corrected chi connectivity index (χ4v) is 4.64. The van der Waals surface area contributed by atoms with Crippen LogP contribution in [0, 0.1) is 0 Å². The van der Waals surface area contributed by atoms with Crippen molar-refractivity contribution in [1.29, 1.82) is 0 Å². The number of benzene rings is 1. The summed E-state index contributed by atoms with van der Waals surface area (Å²) in [7, 11) is -8.97. The number of carbonyl (C=O) groups is 1. The number of ether oxygens (including phenoxy) is 1. The fraction of sp³-hybridized carbons (Fsp3) is 0.357. The van der Waals surface area contributed by atoms with Gasteiger partial charge in [0.05, 0.1) is 21.9 Å². The normalized spacial score (nSPS) is 13.1. The molecule has 0 saturated heterocycles. The lowest BCUT2D eigenvalue weighted by Crippen LogP contribution is -2.11. The molecular formula is C14H16F2NO7PS2. The monoisotopic (exact) mass is 443 g/mol. The molecule has 0 aliphatic rings. The largest absolute Gasteiger partial charge is 0.492 e. The van der Waals surface area contributed by atoms with Crippen LogP contribution < -0.4 is 10.5 Å². The highest BCUT2D eigenvalue weighted by molar-refractivity contribution is 7.90. The molecule has 0 aliphatic heterocycles. The minimum Gasteiger partial charge on any atom is -0.492 e. The van der Waals surface area contributed by atoms with E-state index in [2.05, 4.69) is 0 Å². The van der Waals surface area contributed by atoms with Crippen molar-refractivity contribution in [2.45, 2.75) is 12.1 Å². The molecule has 8 nitrogen and oxygen atoms in total. The van der Waals surface area contributed by atoms with Crippen LogP contribution in [0.5, 0.6) is 5.75 Å². The van der Waals surface area contributed by atoms with Gasteiger partial charge in [-0.15, -0.1) is 11.3 Å². The Morgan fingerprint density at radius 2 is 1.96 bits per heavy atom. The first kappa shape index (κ1) is 21.7. The van der Waals surface area contributed by atoms with E-state index in [-0.39, 0.29) is 40.2 Å². The SMILES string of the molecule is CS(=O)(=O)CCCOc1cc(C(N)=O)cc2cc(C(F)(F)P(=O)(O)O)sc12. The molecule has 1 aromatic carbocycles. The Kier molecular flexibility index (Phi) is 5.98. The summed E-state index contributed by atoms with van der Waals surface area (Å²) >= 11 is 0.404. The highest BCUT2D eigenvalue weighted by Crippen LogP contribution is 2.61. The summed E-state index contributed by atoms with van der Waals surface area (Å²) in [6.07, 6.45) is 1.17. The first-order valence-corrected chi connectivity index (χ1v) is 11.8. The number of hydrogen-bond donors (Lipinski definition) is 3. The Hall–Kier alpha value is -1.59. The Bertz CT molecular complexity index is 1030. The standard InChI is InChI=1S/C14H16F2NO7PS2/c1-27(22,23)4-2-3-24-10-6-9(13(17)18)5-8-7-11(26-12(8)10)14(15,16)25(19,20)21/h5-7H,2-4H2,1H3,(H2,17,18)(H2,19,20,21). The molecule has 0 unspecified atom stereocenters. The van der Waals surface area contributed by atoms with Gasteiger partial charge in [0, 0.05) is 11.8 Å². The average molecular weight is 443 g/mol. The molecule has 2 rings (SSSR count). The summed E-state index contributed by atoms with van der Waals surface area (Å²) in [5, 5.41) is 0.0949. The maximum atomic E-state index is 14.0. The van der Waals surface area contributed by atoms with Crippen LogP contribution in [-0.2, 0) is 20.1 Å². The van der Waals surface area contributed by atoms with E-state index >= 15 is 0 Å². The van der Waals surface area contributed by atoms with Crippen molar-refractivity contribution in [2.75, 3.05) is 18.6 Å². The molecule has 0 saturated carbocycles. The van der Waals surface area contributed by atoms with Gasteiger partial charge in [-0.2, -0.15) is 8.78 Å². The van der Waals surface area contributed by atoms with Crippen molar-refractivity contribution in [3.63, 3.8) is 0 Å². The number of hydrogen-bond acceptors (Lipinski definition) is 6. The van der Waals surface area contributed by atoms with E-state index in [0.29, 0.717) is 11.3 Å². The molecule has 0 spiro atoms. The number of carbonyl (C=O) groups excluding carboxylic acids is 1. The van der Waals surface area contributed by atoms with E-state index in [9.17, 15) is 26.6 Å². The quantitative estimate of drug-likeness (QED) is 0.418. The van der Waals surface area contributed by atoms with Crippen LogP contribution in [0.4, 0.5) is 8.78 Å². The molecule has 150 valence electrons. The summed E-state index contributed by atoms with van der Waals surface area (Å²) in [5.74, 6) is -1.02. The van der Waals surface area contributed by atoms with E-state index in [4.69, 9.17) is 20.3 Å². The van der Waals surface area contributed by atoms with Crippen LogP contribution in [0.3, 0.4) is 0 Å². The number of alkyl halides is 2. The van der Waals surface area contributed by atoms with Crippen molar-refractivity contribution < 1.29 is 41.1 Å². The molecule has 0 atom stereocenters. The molecule has 0 radical (unpaired) electrons. The van der Waals surface area contributed by atoms with Crippen molar-refractivity contribution >= 4 is 44.8 Å². The van der Waals surface area contributed by atoms with Crippen LogP contribution in [0.1, 0.15) is 21.7 Å². The number of halogens is 2.